The fraction of sp³-hybridized carbons (Fsp3) is 0.500. The third-order valence-electron chi connectivity index (χ3n) is 2.80. The molecule has 17 heavy (non-hydrogen) atoms. The van der Waals surface area contributed by atoms with E-state index >= 15 is 0 Å². The van der Waals surface area contributed by atoms with Gasteiger partial charge in [0.25, 0.3) is 0 Å². The Hall–Kier alpha value is -0.160. The molecule has 0 saturated carbocycles. The van der Waals surface area contributed by atoms with E-state index in [4.69, 9.17) is 4.74 Å². The largest absolute Gasteiger partial charge is 0.381 e. The van der Waals surface area contributed by atoms with Crippen LogP contribution in [0.4, 0.5) is 4.39 Å². The number of ether oxygens (including phenoxy) is 1. The molecule has 2 rings (SSSR count). The van der Waals surface area contributed by atoms with Gasteiger partial charge in [0.2, 0.25) is 0 Å². The van der Waals surface area contributed by atoms with Crippen molar-refractivity contribution < 1.29 is 9.13 Å². The molecule has 0 spiro atoms. The molecule has 1 aromatic rings. The molecule has 0 aliphatic carbocycles. The van der Waals surface area contributed by atoms with Crippen LogP contribution in [0.1, 0.15) is 18.4 Å². The van der Waals surface area contributed by atoms with Crippen LogP contribution in [0.15, 0.2) is 22.7 Å². The number of hydrogen-bond donors (Lipinski definition) is 1. The van der Waals surface area contributed by atoms with Gasteiger partial charge < -0.3 is 10.1 Å². The smallest absolute Gasteiger partial charge is 0.137 e. The average molecular weight is 325 g/mol. The molecule has 0 aromatic heterocycles. The highest BCUT2D eigenvalue weighted by molar-refractivity contribution is 9.10. The van der Waals surface area contributed by atoms with E-state index in [1.165, 1.54) is 6.07 Å². The summed E-state index contributed by atoms with van der Waals surface area (Å²) in [5.41, 5.74) is 1.10. The SMILES string of the molecule is Cl.Fc1ccc(CNC2CCOCC2)cc1Br. The molecule has 1 fully saturated rings. The first-order chi connectivity index (χ1) is 7.75. The van der Waals surface area contributed by atoms with Crippen molar-refractivity contribution in [3.8, 4) is 0 Å². The van der Waals surface area contributed by atoms with Crippen molar-refractivity contribution in [3.05, 3.63) is 34.1 Å². The maximum Gasteiger partial charge on any atom is 0.137 e. The van der Waals surface area contributed by atoms with Crippen LogP contribution in [-0.4, -0.2) is 19.3 Å². The Morgan fingerprint density at radius 2 is 2.06 bits per heavy atom. The lowest BCUT2D eigenvalue weighted by Gasteiger charge is -2.23. The van der Waals surface area contributed by atoms with E-state index in [9.17, 15) is 4.39 Å². The van der Waals surface area contributed by atoms with Gasteiger partial charge in [0.15, 0.2) is 0 Å². The monoisotopic (exact) mass is 323 g/mol. The molecule has 0 unspecified atom stereocenters. The van der Waals surface area contributed by atoms with Crippen LogP contribution >= 0.6 is 28.3 Å². The van der Waals surface area contributed by atoms with Crippen molar-refractivity contribution in [2.45, 2.75) is 25.4 Å². The summed E-state index contributed by atoms with van der Waals surface area (Å²) in [5.74, 6) is -0.213. The van der Waals surface area contributed by atoms with Gasteiger partial charge in [0.1, 0.15) is 5.82 Å². The predicted molar refractivity (Wildman–Crippen MR) is 72.0 cm³/mol. The van der Waals surface area contributed by atoms with Gasteiger partial charge in [-0.15, -0.1) is 12.4 Å². The van der Waals surface area contributed by atoms with Crippen molar-refractivity contribution in [2.75, 3.05) is 13.2 Å². The molecule has 0 bridgehead atoms. The molecule has 0 atom stereocenters. The van der Waals surface area contributed by atoms with E-state index < -0.39 is 0 Å². The second kappa shape index (κ2) is 7.31. The van der Waals surface area contributed by atoms with E-state index in [-0.39, 0.29) is 18.2 Å². The number of nitrogens with one attached hydrogen (secondary N) is 1. The number of halogens is 3. The topological polar surface area (TPSA) is 21.3 Å². The van der Waals surface area contributed by atoms with E-state index in [0.29, 0.717) is 10.5 Å². The molecule has 1 aromatic carbocycles. The van der Waals surface area contributed by atoms with Gasteiger partial charge in [-0.2, -0.15) is 0 Å². The third kappa shape index (κ3) is 4.54. The number of rotatable bonds is 3. The molecule has 2 nitrogen and oxygen atoms in total. The van der Waals surface area contributed by atoms with Crippen LogP contribution in [-0.2, 0) is 11.3 Å². The van der Waals surface area contributed by atoms with Crippen molar-refractivity contribution >= 4 is 28.3 Å². The van der Waals surface area contributed by atoms with Crippen molar-refractivity contribution in [1.82, 2.24) is 5.32 Å². The summed E-state index contributed by atoms with van der Waals surface area (Å²) in [6.07, 6.45) is 2.12. The fourth-order valence-electron chi connectivity index (χ4n) is 1.81. The van der Waals surface area contributed by atoms with Gasteiger partial charge in [0.05, 0.1) is 4.47 Å². The van der Waals surface area contributed by atoms with Crippen LogP contribution < -0.4 is 5.32 Å². The van der Waals surface area contributed by atoms with E-state index in [2.05, 4.69) is 21.2 Å². The Labute approximate surface area is 115 Å². The predicted octanol–water partition coefficient (Wildman–Crippen LogP) is 3.28. The van der Waals surface area contributed by atoms with Crippen molar-refractivity contribution in [2.24, 2.45) is 0 Å². The Morgan fingerprint density at radius 1 is 1.35 bits per heavy atom. The van der Waals surface area contributed by atoms with Gasteiger partial charge in [0, 0.05) is 25.8 Å². The second-order valence-corrected chi connectivity index (χ2v) is 4.87. The first kappa shape index (κ1) is 14.9. The van der Waals surface area contributed by atoms with Crippen molar-refractivity contribution in [3.63, 3.8) is 0 Å². The molecular weight excluding hydrogens is 308 g/mol. The molecule has 5 heteroatoms. The molecule has 1 saturated heterocycles. The Bertz CT molecular complexity index is 358. The van der Waals surface area contributed by atoms with Crippen molar-refractivity contribution in [1.29, 1.82) is 0 Å². The maximum atomic E-state index is 13.0. The summed E-state index contributed by atoms with van der Waals surface area (Å²) in [5, 5.41) is 3.46. The zero-order chi connectivity index (χ0) is 11.4. The lowest BCUT2D eigenvalue weighted by molar-refractivity contribution is 0.0776. The first-order valence-electron chi connectivity index (χ1n) is 5.51. The van der Waals surface area contributed by atoms with E-state index in [1.807, 2.05) is 12.1 Å². The molecular formula is C12H16BrClFNO. The molecule has 96 valence electrons. The number of benzene rings is 1. The minimum Gasteiger partial charge on any atom is -0.381 e. The van der Waals surface area contributed by atoms with E-state index in [0.717, 1.165) is 38.2 Å². The molecule has 0 radical (unpaired) electrons. The lowest BCUT2D eigenvalue weighted by Crippen LogP contribution is -2.34. The van der Waals surface area contributed by atoms with Crippen LogP contribution in [0, 0.1) is 5.82 Å². The van der Waals surface area contributed by atoms with Gasteiger partial charge in [-0.3, -0.25) is 0 Å². The average Bonchev–Trinajstić information content (AvgIpc) is 2.32. The van der Waals surface area contributed by atoms with Gasteiger partial charge in [-0.25, -0.2) is 4.39 Å². The summed E-state index contributed by atoms with van der Waals surface area (Å²) >= 11 is 3.19. The third-order valence-corrected chi connectivity index (χ3v) is 3.41. The minimum atomic E-state index is -0.213. The molecule has 1 aliphatic rings. The van der Waals surface area contributed by atoms with Gasteiger partial charge in [-0.05, 0) is 46.5 Å². The molecule has 1 N–H and O–H groups in total. The summed E-state index contributed by atoms with van der Waals surface area (Å²) in [6, 6.07) is 5.65. The maximum absolute atomic E-state index is 13.0. The first-order valence-corrected chi connectivity index (χ1v) is 6.30. The highest BCUT2D eigenvalue weighted by Crippen LogP contribution is 2.17. The zero-order valence-electron chi connectivity index (χ0n) is 9.42. The van der Waals surface area contributed by atoms with E-state index in [1.54, 1.807) is 0 Å². The Kier molecular flexibility index (Phi) is 6.41. The summed E-state index contributed by atoms with van der Waals surface area (Å²) in [7, 11) is 0. The van der Waals surface area contributed by atoms with Crippen LogP contribution in [0.25, 0.3) is 0 Å². The molecule has 0 amide bonds. The van der Waals surface area contributed by atoms with Gasteiger partial charge >= 0.3 is 0 Å². The standard InChI is InChI=1S/C12H15BrFNO.ClH/c13-11-7-9(1-2-12(11)14)8-15-10-3-5-16-6-4-10;/h1-2,7,10,15H,3-6,8H2;1H. The molecule has 1 aliphatic heterocycles. The highest BCUT2D eigenvalue weighted by Gasteiger charge is 2.12. The quantitative estimate of drug-likeness (QED) is 0.921. The lowest BCUT2D eigenvalue weighted by atomic mass is 10.1. The molecule has 1 heterocycles. The van der Waals surface area contributed by atoms with Crippen LogP contribution in [0.3, 0.4) is 0 Å². The zero-order valence-corrected chi connectivity index (χ0v) is 11.8. The summed E-state index contributed by atoms with van der Waals surface area (Å²) in [6.45, 7) is 2.46. The minimum absolute atomic E-state index is 0. The van der Waals surface area contributed by atoms with Crippen LogP contribution in [0.5, 0.6) is 0 Å². The Balaban J connectivity index is 0.00000144. The highest BCUT2D eigenvalue weighted by atomic mass is 79.9. The second-order valence-electron chi connectivity index (χ2n) is 4.02. The summed E-state index contributed by atoms with van der Waals surface area (Å²) < 4.78 is 18.8. The number of hydrogen-bond acceptors (Lipinski definition) is 2. The van der Waals surface area contributed by atoms with Crippen LogP contribution in [0.2, 0.25) is 0 Å². The normalized spacial score (nSPS) is 16.6. The summed E-state index contributed by atoms with van der Waals surface area (Å²) in [4.78, 5) is 0. The van der Waals surface area contributed by atoms with Gasteiger partial charge in [-0.1, -0.05) is 6.07 Å². The fourth-order valence-corrected chi connectivity index (χ4v) is 2.24. The Morgan fingerprint density at radius 3 is 2.71 bits per heavy atom.